The topological polar surface area (TPSA) is 152 Å². The predicted octanol–water partition coefficient (Wildman–Crippen LogP) is 7.24. The second-order valence-electron chi connectivity index (χ2n) is 19.2. The maximum Gasteiger partial charge on any atom is 0.145 e. The van der Waals surface area contributed by atoms with E-state index in [0.29, 0.717) is 63.7 Å². The molecule has 4 aliphatic rings. The molecule has 5 rings (SSSR count). The second-order valence-corrected chi connectivity index (χ2v) is 19.2. The molecule has 61 heavy (non-hydrogen) atoms. The normalized spacial score (nSPS) is 34.5. The summed E-state index contributed by atoms with van der Waals surface area (Å²) in [5, 5.41) is 66.3. The number of methoxy groups -OCH3 is 1. The van der Waals surface area contributed by atoms with Crippen LogP contribution in [0.25, 0.3) is 0 Å². The van der Waals surface area contributed by atoms with Gasteiger partial charge in [-0.2, -0.15) is 0 Å². The molecule has 7 N–H and O–H groups in total. The summed E-state index contributed by atoms with van der Waals surface area (Å²) in [5.41, 5.74) is 3.96. The monoisotopic (exact) mass is 843 g/mol. The Hall–Kier alpha value is -2.99. The standard InChI is InChI=1S/C52H78N2O7/c1-8-9-10-17-45(57)43(16-11-13-35(2)41-19-18-36(3)49(59)54-50(5,26-29-61-7)32-39-15-12-14-38(30-39)31-41)44-22-24-52(48(44)58)47-40(23-28-55)20-21-42(46(47)37(4)34-56)33-51(52,60)25-27-53-6/h11-16,18,20-21,30,34,40-42,44-45,47-49,53-55,57-60H,2,8-10,17,19,22-29,31-33H2,1,3-7H3/t40-,41-,42+,44-,45-,47-,48-,49-,50+,51-,52-/m1/s1. The van der Waals surface area contributed by atoms with Crippen LogP contribution in [0, 0.1) is 35.0 Å². The van der Waals surface area contributed by atoms with Crippen LogP contribution in [0.15, 0.2) is 95.2 Å². The van der Waals surface area contributed by atoms with Gasteiger partial charge in [-0.3, -0.25) is 10.1 Å². The minimum absolute atomic E-state index is 0.0440. The summed E-state index contributed by atoms with van der Waals surface area (Å²) in [5.74, 6) is -1.01. The van der Waals surface area contributed by atoms with Gasteiger partial charge in [-0.05, 0) is 144 Å². The Balaban J connectivity index is 1.51. The maximum absolute atomic E-state index is 13.0. The molecule has 0 unspecified atom stereocenters. The van der Waals surface area contributed by atoms with Gasteiger partial charge in [-0.1, -0.05) is 105 Å². The molecule has 9 heteroatoms. The third-order valence-electron chi connectivity index (χ3n) is 15.0. The highest BCUT2D eigenvalue weighted by molar-refractivity contribution is 5.74. The van der Waals surface area contributed by atoms with E-state index in [-0.39, 0.29) is 35.8 Å². The van der Waals surface area contributed by atoms with E-state index >= 15 is 0 Å². The van der Waals surface area contributed by atoms with E-state index in [0.717, 1.165) is 67.1 Å². The Morgan fingerprint density at radius 2 is 1.93 bits per heavy atom. The Kier molecular flexibility index (Phi) is 17.7. The smallest absolute Gasteiger partial charge is 0.145 e. The molecular weight excluding hydrogens is 765 g/mol. The number of aliphatic hydroxyl groups is 5. The van der Waals surface area contributed by atoms with Gasteiger partial charge in [0.05, 0.1) is 17.8 Å². The number of nitrogens with one attached hydrogen (secondary N) is 2. The van der Waals surface area contributed by atoms with Crippen molar-refractivity contribution in [1.29, 1.82) is 0 Å². The minimum Gasteiger partial charge on any atom is -0.396 e. The summed E-state index contributed by atoms with van der Waals surface area (Å²) in [4.78, 5) is 12.5. The molecule has 1 heterocycles. The summed E-state index contributed by atoms with van der Waals surface area (Å²) < 4.78 is 5.43. The molecule has 4 bridgehead atoms. The lowest BCUT2D eigenvalue weighted by atomic mass is 9.45. The quantitative estimate of drug-likeness (QED) is 0.0267. The Morgan fingerprint density at radius 1 is 1.16 bits per heavy atom. The number of fused-ring (bicyclic) bond motifs is 5. The van der Waals surface area contributed by atoms with Gasteiger partial charge in [0, 0.05) is 43.1 Å². The van der Waals surface area contributed by atoms with Crippen molar-refractivity contribution in [1.82, 2.24) is 10.6 Å². The van der Waals surface area contributed by atoms with Crippen molar-refractivity contribution >= 4 is 6.29 Å². The third-order valence-corrected chi connectivity index (χ3v) is 15.0. The van der Waals surface area contributed by atoms with Crippen molar-refractivity contribution in [2.24, 2.45) is 35.0 Å². The van der Waals surface area contributed by atoms with Crippen LogP contribution in [0.5, 0.6) is 0 Å². The number of hydrogen-bond donors (Lipinski definition) is 7. The van der Waals surface area contributed by atoms with E-state index < -0.39 is 35.4 Å². The zero-order valence-corrected chi connectivity index (χ0v) is 38.0. The fraction of sp³-hybridized carbons (Fsp3) is 0.635. The predicted molar refractivity (Wildman–Crippen MR) is 246 cm³/mol. The van der Waals surface area contributed by atoms with E-state index in [1.807, 2.05) is 39.1 Å². The highest BCUT2D eigenvalue weighted by Gasteiger charge is 2.68. The molecule has 0 radical (unpaired) electrons. The summed E-state index contributed by atoms with van der Waals surface area (Å²) in [6, 6.07) is 8.68. The van der Waals surface area contributed by atoms with E-state index in [2.05, 4.69) is 73.6 Å². The first-order valence-corrected chi connectivity index (χ1v) is 23.2. The van der Waals surface area contributed by atoms with Gasteiger partial charge in [-0.25, -0.2) is 0 Å². The van der Waals surface area contributed by atoms with E-state index in [1.54, 1.807) is 7.11 Å². The molecule has 2 saturated carbocycles. The number of carbonyl (C=O) groups is 1. The van der Waals surface area contributed by atoms with Crippen LogP contribution < -0.4 is 10.6 Å². The average molecular weight is 843 g/mol. The van der Waals surface area contributed by atoms with Crippen LogP contribution in [-0.2, 0) is 22.4 Å². The van der Waals surface area contributed by atoms with Gasteiger partial charge in [0.2, 0.25) is 0 Å². The first-order chi connectivity index (χ1) is 29.2. The largest absolute Gasteiger partial charge is 0.396 e. The number of aldehydes is 1. The first-order valence-electron chi connectivity index (χ1n) is 23.2. The number of aliphatic hydroxyl groups excluding tert-OH is 4. The molecule has 0 amide bonds. The maximum atomic E-state index is 13.0. The first kappa shape index (κ1) is 49.0. The van der Waals surface area contributed by atoms with Crippen LogP contribution in [0.1, 0.15) is 109 Å². The summed E-state index contributed by atoms with van der Waals surface area (Å²) in [6.07, 6.45) is 19.4. The second kappa shape index (κ2) is 22.1. The number of benzene rings is 1. The van der Waals surface area contributed by atoms with Crippen LogP contribution in [0.3, 0.4) is 0 Å². The minimum atomic E-state index is -1.25. The van der Waals surface area contributed by atoms with Crippen molar-refractivity contribution < 1.29 is 35.1 Å². The van der Waals surface area contributed by atoms with Crippen molar-refractivity contribution in [3.05, 3.63) is 106 Å². The molecule has 1 aliphatic heterocycles. The molecule has 1 aromatic carbocycles. The van der Waals surface area contributed by atoms with Gasteiger partial charge in [0.1, 0.15) is 12.5 Å². The lowest BCUT2D eigenvalue weighted by molar-refractivity contribution is -0.194. The van der Waals surface area contributed by atoms with Gasteiger partial charge >= 0.3 is 0 Å². The zero-order valence-electron chi connectivity index (χ0n) is 38.0. The fourth-order valence-electron chi connectivity index (χ4n) is 11.6. The molecule has 1 aromatic rings. The molecule has 3 aliphatic carbocycles. The third kappa shape index (κ3) is 11.0. The van der Waals surface area contributed by atoms with Crippen LogP contribution in [0.4, 0.5) is 0 Å². The molecule has 11 atom stereocenters. The van der Waals surface area contributed by atoms with Crippen LogP contribution >= 0.6 is 0 Å². The number of hydrogen-bond acceptors (Lipinski definition) is 9. The highest BCUT2D eigenvalue weighted by atomic mass is 16.5. The summed E-state index contributed by atoms with van der Waals surface area (Å²) in [7, 11) is 3.57. The summed E-state index contributed by atoms with van der Waals surface area (Å²) >= 11 is 0. The molecule has 9 nitrogen and oxygen atoms in total. The molecule has 2 fully saturated rings. The van der Waals surface area contributed by atoms with Gasteiger partial charge < -0.3 is 35.6 Å². The summed E-state index contributed by atoms with van der Waals surface area (Å²) in [6.45, 7) is 13.8. The number of rotatable bonds is 18. The van der Waals surface area contributed by atoms with Crippen LogP contribution in [-0.4, -0.2) is 95.3 Å². The highest BCUT2D eigenvalue weighted by Crippen LogP contribution is 2.67. The van der Waals surface area contributed by atoms with Crippen molar-refractivity contribution in [2.75, 3.05) is 33.9 Å². The van der Waals surface area contributed by atoms with Gasteiger partial charge in [-0.15, -0.1) is 0 Å². The number of ether oxygens (including phenoxy) is 1. The van der Waals surface area contributed by atoms with Crippen molar-refractivity contribution in [3.8, 4) is 0 Å². The average Bonchev–Trinajstić information content (AvgIpc) is 3.58. The zero-order chi connectivity index (χ0) is 44.4. The Labute approximate surface area is 366 Å². The van der Waals surface area contributed by atoms with Gasteiger partial charge in [0.15, 0.2) is 0 Å². The van der Waals surface area contributed by atoms with E-state index in [4.69, 9.17) is 4.74 Å². The molecule has 338 valence electrons. The van der Waals surface area contributed by atoms with E-state index in [9.17, 15) is 30.3 Å². The van der Waals surface area contributed by atoms with Crippen molar-refractivity contribution in [3.63, 3.8) is 0 Å². The Morgan fingerprint density at radius 3 is 2.64 bits per heavy atom. The Bertz CT molecular complexity index is 1800. The molecular formula is C52H78N2O7. The number of unbranched alkanes of at least 4 members (excludes halogenated alkanes) is 2. The van der Waals surface area contributed by atoms with Crippen LogP contribution in [0.2, 0.25) is 0 Å². The molecule has 1 spiro atoms. The SMILES string of the molecule is C=C(C=CC=C([C@H](O)CCCCC)[C@H]1CC[C@]2([C@@H]1O)[C@H]1C(=C(C)C=O)[C@@H](C=C[C@@H]1CCO)C[C@]2(O)CCNC)[C@@H]1CC=C(C)[C@@H](O)N[C@@](C)(CCOC)Cc2cccc(c2)C1. The lowest BCUT2D eigenvalue weighted by Gasteiger charge is -2.61. The fourth-order valence-corrected chi connectivity index (χ4v) is 11.6. The molecule has 0 saturated heterocycles. The van der Waals surface area contributed by atoms with E-state index in [1.165, 1.54) is 11.1 Å². The van der Waals surface area contributed by atoms with Crippen molar-refractivity contribution in [2.45, 2.75) is 141 Å². The number of carbonyl (C=O) groups excluding carboxylic acids is 1. The molecule has 0 aromatic heterocycles. The lowest BCUT2D eigenvalue weighted by Crippen LogP contribution is -2.65. The van der Waals surface area contributed by atoms with Gasteiger partial charge in [0.25, 0.3) is 0 Å². The number of allylic oxidation sites excluding steroid dienone is 9.